The number of ether oxygens (including phenoxy) is 1. The molecule has 1 saturated heterocycles. The zero-order valence-electron chi connectivity index (χ0n) is 16.7. The van der Waals surface area contributed by atoms with E-state index >= 15 is 0 Å². The minimum absolute atomic E-state index is 0.0429. The number of aliphatic hydroxyl groups is 1. The highest BCUT2D eigenvalue weighted by atomic mass is 16.5. The number of carbonyl (C=O) groups excluding carboxylic acids is 2. The molecule has 1 amide bonds. The van der Waals surface area contributed by atoms with Crippen LogP contribution in [-0.2, 0) is 14.3 Å². The Morgan fingerprint density at radius 1 is 1.21 bits per heavy atom. The first-order valence-electron chi connectivity index (χ1n) is 10.2. The van der Waals surface area contributed by atoms with Crippen LogP contribution in [0.4, 0.5) is 0 Å². The van der Waals surface area contributed by atoms with E-state index in [9.17, 15) is 14.7 Å². The maximum absolute atomic E-state index is 13.2. The van der Waals surface area contributed by atoms with Gasteiger partial charge in [-0.05, 0) is 12.0 Å². The number of nitrogens with zero attached hydrogens (tertiary/aromatic N) is 1. The third kappa shape index (κ3) is 6.38. The molecule has 0 saturated carbocycles. The summed E-state index contributed by atoms with van der Waals surface area (Å²) >= 11 is 0. The summed E-state index contributed by atoms with van der Waals surface area (Å²) in [6.07, 6.45) is 1.48. The van der Waals surface area contributed by atoms with Crippen molar-refractivity contribution in [1.29, 1.82) is 0 Å². The summed E-state index contributed by atoms with van der Waals surface area (Å²) in [5.74, 6) is -1.16. The molecular weight excluding hydrogens is 358 g/mol. The van der Waals surface area contributed by atoms with Crippen LogP contribution in [0.5, 0.6) is 0 Å². The van der Waals surface area contributed by atoms with E-state index in [4.69, 9.17) is 10.5 Å². The number of morpholine rings is 1. The zero-order chi connectivity index (χ0) is 20.4. The van der Waals surface area contributed by atoms with Crippen LogP contribution in [0.2, 0.25) is 0 Å². The lowest BCUT2D eigenvalue weighted by Crippen LogP contribution is -2.59. The second-order valence-corrected chi connectivity index (χ2v) is 7.17. The molecule has 1 aliphatic heterocycles. The van der Waals surface area contributed by atoms with Crippen LogP contribution in [-0.4, -0.2) is 60.7 Å². The molecule has 0 aliphatic carbocycles. The van der Waals surface area contributed by atoms with E-state index in [1.807, 2.05) is 23.1 Å². The smallest absolute Gasteiger partial charge is 0.234 e. The van der Waals surface area contributed by atoms with Crippen molar-refractivity contribution in [2.45, 2.75) is 44.9 Å². The summed E-state index contributed by atoms with van der Waals surface area (Å²) in [6, 6.07) is 9.14. The molecular formula is C21H33N3O4. The van der Waals surface area contributed by atoms with Gasteiger partial charge in [-0.25, -0.2) is 0 Å². The molecule has 0 bridgehead atoms. The molecule has 0 radical (unpaired) electrons. The summed E-state index contributed by atoms with van der Waals surface area (Å²) in [5.41, 5.74) is 6.17. The largest absolute Gasteiger partial charge is 0.388 e. The number of unbranched alkanes of at least 4 members (excludes halogenated alkanes) is 2. The predicted octanol–water partition coefficient (Wildman–Crippen LogP) is 1.22. The molecule has 4 N–H and O–H groups in total. The van der Waals surface area contributed by atoms with Gasteiger partial charge in [0.25, 0.3) is 0 Å². The van der Waals surface area contributed by atoms with Crippen molar-refractivity contribution in [2.75, 3.05) is 32.8 Å². The van der Waals surface area contributed by atoms with Gasteiger partial charge in [0.2, 0.25) is 5.91 Å². The van der Waals surface area contributed by atoms with Crippen LogP contribution >= 0.6 is 0 Å². The van der Waals surface area contributed by atoms with Gasteiger partial charge in [0.1, 0.15) is 5.78 Å². The van der Waals surface area contributed by atoms with E-state index in [0.717, 1.165) is 19.3 Å². The minimum Gasteiger partial charge on any atom is -0.388 e. The molecule has 1 aliphatic rings. The molecule has 28 heavy (non-hydrogen) atoms. The summed E-state index contributed by atoms with van der Waals surface area (Å²) in [5, 5.41) is 14.0. The lowest BCUT2D eigenvalue weighted by atomic mass is 9.86. The summed E-state index contributed by atoms with van der Waals surface area (Å²) in [4.78, 5) is 27.3. The van der Waals surface area contributed by atoms with Crippen molar-refractivity contribution in [3.05, 3.63) is 35.9 Å². The molecule has 7 heteroatoms. The summed E-state index contributed by atoms with van der Waals surface area (Å²) < 4.78 is 5.42. The van der Waals surface area contributed by atoms with E-state index in [1.54, 1.807) is 12.1 Å². The van der Waals surface area contributed by atoms with Crippen LogP contribution in [0.1, 0.15) is 44.3 Å². The van der Waals surface area contributed by atoms with E-state index < -0.39 is 18.2 Å². The predicted molar refractivity (Wildman–Crippen MR) is 107 cm³/mol. The number of amides is 1. The van der Waals surface area contributed by atoms with Gasteiger partial charge in [-0.2, -0.15) is 0 Å². The molecule has 1 unspecified atom stereocenters. The van der Waals surface area contributed by atoms with Gasteiger partial charge in [-0.15, -0.1) is 0 Å². The summed E-state index contributed by atoms with van der Waals surface area (Å²) in [6.45, 7) is 4.11. The van der Waals surface area contributed by atoms with Gasteiger partial charge in [0.15, 0.2) is 0 Å². The first-order valence-corrected chi connectivity index (χ1v) is 10.2. The molecule has 1 aromatic rings. The van der Waals surface area contributed by atoms with Crippen LogP contribution in [0.3, 0.4) is 0 Å². The molecule has 0 aromatic heterocycles. The lowest BCUT2D eigenvalue weighted by Gasteiger charge is -2.40. The average Bonchev–Trinajstić information content (AvgIpc) is 2.74. The zero-order valence-corrected chi connectivity index (χ0v) is 16.7. The first-order chi connectivity index (χ1) is 13.6. The third-order valence-corrected chi connectivity index (χ3v) is 5.15. The Kier molecular flexibility index (Phi) is 9.57. The highest BCUT2D eigenvalue weighted by molar-refractivity contribution is 5.84. The Labute approximate surface area is 167 Å². The molecule has 0 spiro atoms. The molecule has 1 heterocycles. The van der Waals surface area contributed by atoms with Gasteiger partial charge in [-0.1, -0.05) is 50.1 Å². The van der Waals surface area contributed by atoms with Crippen LogP contribution in [0.25, 0.3) is 0 Å². The van der Waals surface area contributed by atoms with Gasteiger partial charge in [-0.3, -0.25) is 14.5 Å². The maximum Gasteiger partial charge on any atom is 0.234 e. The topological polar surface area (TPSA) is 105 Å². The Morgan fingerprint density at radius 2 is 1.89 bits per heavy atom. The SMILES string of the molecule is CCCCCC(=O)[C@@H](C(NC(=O)CN)N1CCOCC1)[C@H](O)c1ccccc1. The fourth-order valence-corrected chi connectivity index (χ4v) is 3.59. The lowest BCUT2D eigenvalue weighted by molar-refractivity contribution is -0.135. The number of Topliss-reactive ketones (excluding diaryl/α,β-unsaturated/α-hetero) is 1. The highest BCUT2D eigenvalue weighted by Crippen LogP contribution is 2.29. The van der Waals surface area contributed by atoms with Gasteiger partial charge in [0.05, 0.1) is 37.9 Å². The van der Waals surface area contributed by atoms with Crippen molar-refractivity contribution in [3.63, 3.8) is 0 Å². The number of nitrogens with one attached hydrogen (secondary N) is 1. The standard InChI is InChI=1S/C21H33N3O4/c1-2-3-5-10-17(25)19(20(27)16-8-6-4-7-9-16)21(23-18(26)15-22)24-11-13-28-14-12-24/h4,6-9,19-21,27H,2-3,5,10-15,22H2,1H3,(H,23,26)/t19-,20-,21?/m1/s1. The Bertz CT molecular complexity index is 605. The number of nitrogens with two attached hydrogens (primary N) is 1. The number of aliphatic hydroxyl groups excluding tert-OH is 1. The van der Waals surface area contributed by atoms with Crippen molar-refractivity contribution in [2.24, 2.45) is 11.7 Å². The maximum atomic E-state index is 13.2. The molecule has 1 aromatic carbocycles. The Hall–Kier alpha value is -1.80. The van der Waals surface area contributed by atoms with Gasteiger partial charge < -0.3 is 20.9 Å². The first kappa shape index (κ1) is 22.5. The quantitative estimate of drug-likeness (QED) is 0.490. The van der Waals surface area contributed by atoms with E-state index in [0.29, 0.717) is 38.3 Å². The fourth-order valence-electron chi connectivity index (χ4n) is 3.59. The van der Waals surface area contributed by atoms with Crippen molar-refractivity contribution < 1.29 is 19.4 Å². The molecule has 156 valence electrons. The number of hydrogen-bond donors (Lipinski definition) is 3. The second kappa shape index (κ2) is 11.9. The molecule has 7 nitrogen and oxygen atoms in total. The molecule has 2 rings (SSSR count). The van der Waals surface area contributed by atoms with Crippen molar-refractivity contribution in [1.82, 2.24) is 10.2 Å². The van der Waals surface area contributed by atoms with Crippen LogP contribution < -0.4 is 11.1 Å². The van der Waals surface area contributed by atoms with Gasteiger partial charge in [0, 0.05) is 19.5 Å². The fraction of sp³-hybridized carbons (Fsp3) is 0.619. The van der Waals surface area contributed by atoms with E-state index in [1.165, 1.54) is 0 Å². The van der Waals surface area contributed by atoms with E-state index in [2.05, 4.69) is 12.2 Å². The monoisotopic (exact) mass is 391 g/mol. The molecule has 1 fully saturated rings. The van der Waals surface area contributed by atoms with Crippen molar-refractivity contribution >= 4 is 11.7 Å². The summed E-state index contributed by atoms with van der Waals surface area (Å²) in [7, 11) is 0. The highest BCUT2D eigenvalue weighted by Gasteiger charge is 2.39. The Morgan fingerprint density at radius 3 is 2.50 bits per heavy atom. The number of ketones is 1. The normalized spacial score (nSPS) is 18.2. The Balaban J connectivity index is 2.32. The van der Waals surface area contributed by atoms with Crippen molar-refractivity contribution in [3.8, 4) is 0 Å². The molecule has 3 atom stereocenters. The van der Waals surface area contributed by atoms with Crippen LogP contribution in [0, 0.1) is 5.92 Å². The number of carbonyl (C=O) groups is 2. The number of benzene rings is 1. The van der Waals surface area contributed by atoms with E-state index in [-0.39, 0.29) is 18.2 Å². The second-order valence-electron chi connectivity index (χ2n) is 7.17. The third-order valence-electron chi connectivity index (χ3n) is 5.15. The van der Waals surface area contributed by atoms with Gasteiger partial charge >= 0.3 is 0 Å². The number of hydrogen-bond acceptors (Lipinski definition) is 6. The average molecular weight is 392 g/mol. The minimum atomic E-state index is -1.01. The number of rotatable bonds is 11. The van der Waals surface area contributed by atoms with Crippen LogP contribution in [0.15, 0.2) is 30.3 Å².